The molecule has 0 aliphatic carbocycles. The summed E-state index contributed by atoms with van der Waals surface area (Å²) in [7, 11) is 0. The summed E-state index contributed by atoms with van der Waals surface area (Å²) in [6.45, 7) is 8.28. The van der Waals surface area contributed by atoms with Crippen LogP contribution in [0.5, 0.6) is 0 Å². The molecule has 1 rings (SSSR count). The van der Waals surface area contributed by atoms with Crippen molar-refractivity contribution < 1.29 is 4.79 Å². The predicted octanol–water partition coefficient (Wildman–Crippen LogP) is 1.76. The van der Waals surface area contributed by atoms with Crippen molar-refractivity contribution in [1.29, 1.82) is 0 Å². The lowest BCUT2D eigenvalue weighted by Gasteiger charge is -2.31. The third kappa shape index (κ3) is 2.51. The van der Waals surface area contributed by atoms with Crippen LogP contribution in [0.15, 0.2) is 0 Å². The fourth-order valence-electron chi connectivity index (χ4n) is 2.33. The molecular weight excluding hydrogens is 188 g/mol. The Morgan fingerprint density at radius 2 is 2.07 bits per heavy atom. The van der Waals surface area contributed by atoms with Crippen LogP contribution < -0.4 is 5.73 Å². The minimum absolute atomic E-state index is 0.141. The van der Waals surface area contributed by atoms with Gasteiger partial charge < -0.3 is 10.6 Å². The van der Waals surface area contributed by atoms with Gasteiger partial charge in [0.2, 0.25) is 5.91 Å². The molecule has 0 saturated carbocycles. The van der Waals surface area contributed by atoms with Crippen LogP contribution in [0, 0.1) is 5.92 Å². The molecule has 1 aliphatic heterocycles. The predicted molar refractivity (Wildman–Crippen MR) is 62.4 cm³/mol. The lowest BCUT2D eigenvalue weighted by Crippen LogP contribution is -2.50. The van der Waals surface area contributed by atoms with Crippen LogP contribution in [0.4, 0.5) is 0 Å². The number of carbonyl (C=O) groups excluding carboxylic acids is 1. The second-order valence-electron chi connectivity index (χ2n) is 5.00. The van der Waals surface area contributed by atoms with E-state index in [0.717, 1.165) is 19.3 Å². The van der Waals surface area contributed by atoms with Crippen LogP contribution in [0.2, 0.25) is 0 Å². The highest BCUT2D eigenvalue weighted by Gasteiger charge is 2.35. The van der Waals surface area contributed by atoms with Crippen molar-refractivity contribution >= 4 is 5.91 Å². The molecule has 1 fully saturated rings. The zero-order valence-electron chi connectivity index (χ0n) is 10.4. The van der Waals surface area contributed by atoms with E-state index in [1.807, 2.05) is 18.7 Å². The van der Waals surface area contributed by atoms with Gasteiger partial charge in [0.15, 0.2) is 0 Å². The van der Waals surface area contributed by atoms with Gasteiger partial charge in [-0.2, -0.15) is 0 Å². The number of nitrogens with two attached hydrogens (primary N) is 1. The highest BCUT2D eigenvalue weighted by molar-refractivity contribution is 5.82. The zero-order chi connectivity index (χ0) is 11.6. The lowest BCUT2D eigenvalue weighted by atomic mass is 10.0. The highest BCUT2D eigenvalue weighted by Crippen LogP contribution is 2.27. The Hall–Kier alpha value is -0.570. The van der Waals surface area contributed by atoms with Crippen LogP contribution in [0.1, 0.15) is 47.0 Å². The number of hydrogen-bond acceptors (Lipinski definition) is 2. The summed E-state index contributed by atoms with van der Waals surface area (Å²) >= 11 is 0. The maximum atomic E-state index is 12.2. The van der Waals surface area contributed by atoms with Crippen molar-refractivity contribution in [3.63, 3.8) is 0 Å². The van der Waals surface area contributed by atoms with Crippen molar-refractivity contribution in [2.75, 3.05) is 0 Å². The smallest absolute Gasteiger partial charge is 0.240 e. The molecule has 0 spiro atoms. The molecule has 2 N–H and O–H groups in total. The first-order valence-electron chi connectivity index (χ1n) is 6.06. The molecule has 1 heterocycles. The fraction of sp³-hybridized carbons (Fsp3) is 0.917. The zero-order valence-corrected chi connectivity index (χ0v) is 10.4. The SMILES string of the molecule is CCC1CCC(C)N1C(=O)C(N)C(C)C. The molecule has 0 radical (unpaired) electrons. The second-order valence-corrected chi connectivity index (χ2v) is 5.00. The molecule has 15 heavy (non-hydrogen) atoms. The largest absolute Gasteiger partial charge is 0.336 e. The van der Waals surface area contributed by atoms with Crippen LogP contribution in [-0.2, 0) is 4.79 Å². The molecule has 3 nitrogen and oxygen atoms in total. The molecule has 0 aromatic rings. The molecule has 1 amide bonds. The van der Waals surface area contributed by atoms with E-state index in [9.17, 15) is 4.79 Å². The van der Waals surface area contributed by atoms with E-state index in [0.29, 0.717) is 12.1 Å². The van der Waals surface area contributed by atoms with Crippen LogP contribution >= 0.6 is 0 Å². The molecule has 3 unspecified atom stereocenters. The molecular formula is C12H24N2O. The summed E-state index contributed by atoms with van der Waals surface area (Å²) < 4.78 is 0. The van der Waals surface area contributed by atoms with Gasteiger partial charge in [0.25, 0.3) is 0 Å². The number of carbonyl (C=O) groups is 1. The van der Waals surface area contributed by atoms with Gasteiger partial charge in [-0.15, -0.1) is 0 Å². The molecule has 0 aromatic carbocycles. The number of rotatable bonds is 3. The van der Waals surface area contributed by atoms with E-state index in [2.05, 4.69) is 13.8 Å². The van der Waals surface area contributed by atoms with Gasteiger partial charge in [0.05, 0.1) is 6.04 Å². The van der Waals surface area contributed by atoms with E-state index >= 15 is 0 Å². The molecule has 3 atom stereocenters. The van der Waals surface area contributed by atoms with E-state index in [1.165, 1.54) is 0 Å². The number of nitrogens with zero attached hydrogens (tertiary/aromatic N) is 1. The van der Waals surface area contributed by atoms with Gasteiger partial charge in [-0.1, -0.05) is 20.8 Å². The molecule has 1 saturated heterocycles. The lowest BCUT2D eigenvalue weighted by molar-refractivity contribution is -0.136. The molecule has 0 bridgehead atoms. The number of amides is 1. The Morgan fingerprint density at radius 1 is 1.47 bits per heavy atom. The van der Waals surface area contributed by atoms with Crippen molar-refractivity contribution in [2.45, 2.75) is 65.1 Å². The third-order valence-electron chi connectivity index (χ3n) is 3.52. The van der Waals surface area contributed by atoms with Crippen molar-refractivity contribution in [3.05, 3.63) is 0 Å². The van der Waals surface area contributed by atoms with Crippen LogP contribution in [0.3, 0.4) is 0 Å². The minimum Gasteiger partial charge on any atom is -0.336 e. The summed E-state index contributed by atoms with van der Waals surface area (Å²) in [5.41, 5.74) is 5.93. The maximum Gasteiger partial charge on any atom is 0.240 e. The molecule has 1 aliphatic rings. The highest BCUT2D eigenvalue weighted by atomic mass is 16.2. The monoisotopic (exact) mass is 212 g/mol. The summed E-state index contributed by atoms with van der Waals surface area (Å²) in [5.74, 6) is 0.365. The fourth-order valence-corrected chi connectivity index (χ4v) is 2.33. The molecule has 0 aromatic heterocycles. The Labute approximate surface area is 93.0 Å². The maximum absolute atomic E-state index is 12.2. The Morgan fingerprint density at radius 3 is 2.53 bits per heavy atom. The van der Waals surface area contributed by atoms with Gasteiger partial charge in [0.1, 0.15) is 0 Å². The summed E-state index contributed by atoms with van der Waals surface area (Å²) in [6.07, 6.45) is 3.30. The normalized spacial score (nSPS) is 28.5. The van der Waals surface area contributed by atoms with Crippen molar-refractivity contribution in [2.24, 2.45) is 11.7 Å². The Balaban J connectivity index is 2.72. The first kappa shape index (κ1) is 12.5. The average Bonchev–Trinajstić information content (AvgIpc) is 2.57. The standard InChI is InChI=1S/C12H24N2O/c1-5-10-7-6-9(4)14(10)12(15)11(13)8(2)3/h8-11H,5-7,13H2,1-4H3. The summed E-state index contributed by atoms with van der Waals surface area (Å²) in [6, 6.07) is 0.448. The second kappa shape index (κ2) is 4.97. The average molecular weight is 212 g/mol. The van der Waals surface area contributed by atoms with E-state index in [4.69, 9.17) is 5.73 Å². The Kier molecular flexibility index (Phi) is 4.14. The number of hydrogen-bond donors (Lipinski definition) is 1. The Bertz CT molecular complexity index is 228. The third-order valence-corrected chi connectivity index (χ3v) is 3.52. The molecule has 88 valence electrons. The van der Waals surface area contributed by atoms with Crippen LogP contribution in [0.25, 0.3) is 0 Å². The quantitative estimate of drug-likeness (QED) is 0.775. The topological polar surface area (TPSA) is 46.3 Å². The summed E-state index contributed by atoms with van der Waals surface area (Å²) in [4.78, 5) is 14.2. The van der Waals surface area contributed by atoms with Gasteiger partial charge in [-0.25, -0.2) is 0 Å². The van der Waals surface area contributed by atoms with Gasteiger partial charge >= 0.3 is 0 Å². The van der Waals surface area contributed by atoms with Crippen LogP contribution in [-0.4, -0.2) is 28.9 Å². The first-order chi connectivity index (χ1) is 6.99. The minimum atomic E-state index is -0.334. The van der Waals surface area contributed by atoms with Gasteiger partial charge in [0, 0.05) is 12.1 Å². The van der Waals surface area contributed by atoms with Gasteiger partial charge in [-0.3, -0.25) is 4.79 Å². The van der Waals surface area contributed by atoms with Gasteiger partial charge in [-0.05, 0) is 32.1 Å². The van der Waals surface area contributed by atoms with Crippen molar-refractivity contribution in [3.8, 4) is 0 Å². The number of likely N-dealkylation sites (tertiary alicyclic amines) is 1. The van der Waals surface area contributed by atoms with E-state index in [-0.39, 0.29) is 17.9 Å². The summed E-state index contributed by atoms with van der Waals surface area (Å²) in [5, 5.41) is 0. The first-order valence-corrected chi connectivity index (χ1v) is 6.06. The van der Waals surface area contributed by atoms with E-state index < -0.39 is 0 Å². The van der Waals surface area contributed by atoms with Crippen molar-refractivity contribution in [1.82, 2.24) is 4.90 Å². The molecule has 3 heteroatoms. The van der Waals surface area contributed by atoms with E-state index in [1.54, 1.807) is 0 Å².